The van der Waals surface area contributed by atoms with Crippen molar-refractivity contribution >= 4 is 11.6 Å². The molecule has 0 aliphatic carbocycles. The molecule has 5 nitrogen and oxygen atoms in total. The van der Waals surface area contributed by atoms with E-state index in [4.69, 9.17) is 4.74 Å². The summed E-state index contributed by atoms with van der Waals surface area (Å²) in [7, 11) is 1.48. The molecule has 1 N–H and O–H groups in total. The number of benzene rings is 1. The van der Waals surface area contributed by atoms with E-state index in [1.807, 2.05) is 0 Å². The number of hydrogen-bond acceptors (Lipinski definition) is 4. The van der Waals surface area contributed by atoms with Gasteiger partial charge in [0.05, 0.1) is 0 Å². The maximum atomic E-state index is 12.1. The molecule has 1 aliphatic rings. The van der Waals surface area contributed by atoms with Gasteiger partial charge in [0.1, 0.15) is 12.4 Å². The topological polar surface area (TPSA) is 50.8 Å². The fourth-order valence-electron chi connectivity index (χ4n) is 2.57. The van der Waals surface area contributed by atoms with Crippen LogP contribution in [0, 0.1) is 0 Å². The van der Waals surface area contributed by atoms with Crippen LogP contribution >= 0.6 is 0 Å². The Morgan fingerprint density at radius 2 is 2.14 bits per heavy atom. The fraction of sp³-hybridized carbons (Fsp3) is 0.533. The van der Waals surface area contributed by atoms with Crippen LogP contribution in [0.4, 0.5) is 14.5 Å². The van der Waals surface area contributed by atoms with E-state index in [2.05, 4.69) is 15.0 Å². The molecule has 1 heterocycles. The number of amides is 1. The van der Waals surface area contributed by atoms with Crippen molar-refractivity contribution in [3.05, 3.63) is 24.3 Å². The third kappa shape index (κ3) is 4.84. The van der Waals surface area contributed by atoms with Gasteiger partial charge in [-0.25, -0.2) is 0 Å². The Balaban J connectivity index is 1.92. The molecule has 2 rings (SSSR count). The van der Waals surface area contributed by atoms with E-state index in [0.29, 0.717) is 6.54 Å². The Morgan fingerprint density at radius 3 is 2.77 bits per heavy atom. The van der Waals surface area contributed by atoms with Gasteiger partial charge in [-0.1, -0.05) is 0 Å². The lowest BCUT2D eigenvalue weighted by Gasteiger charge is -2.34. The lowest BCUT2D eigenvalue weighted by molar-refractivity contribution is -0.125. The number of carbonyl (C=O) groups is 1. The predicted octanol–water partition coefficient (Wildman–Crippen LogP) is 2.02. The average molecular weight is 314 g/mol. The number of nitrogens with zero attached hydrogens (tertiary/aromatic N) is 1. The average Bonchev–Trinajstić information content (AvgIpc) is 2.48. The summed E-state index contributed by atoms with van der Waals surface area (Å²) >= 11 is 0. The first-order chi connectivity index (χ1) is 10.6. The van der Waals surface area contributed by atoms with Crippen molar-refractivity contribution in [3.8, 4) is 5.75 Å². The standard InChI is InChI=1S/C15H20F2N2O3/c1-21-10-14(20)18-11-3-2-8-19(9-11)12-4-6-13(7-5-12)22-15(16)17/h4-7,11,15H,2-3,8-10H2,1H3,(H,18,20). The van der Waals surface area contributed by atoms with E-state index < -0.39 is 6.61 Å². The van der Waals surface area contributed by atoms with Crippen molar-refractivity contribution in [2.24, 2.45) is 0 Å². The van der Waals surface area contributed by atoms with Gasteiger partial charge in [-0.05, 0) is 37.1 Å². The van der Waals surface area contributed by atoms with Gasteiger partial charge in [0.2, 0.25) is 5.91 Å². The Bertz CT molecular complexity index is 482. The van der Waals surface area contributed by atoms with E-state index in [-0.39, 0.29) is 24.3 Å². The molecular formula is C15H20F2N2O3. The van der Waals surface area contributed by atoms with Gasteiger partial charge in [0.25, 0.3) is 0 Å². The Morgan fingerprint density at radius 1 is 1.41 bits per heavy atom. The fourth-order valence-corrected chi connectivity index (χ4v) is 2.57. The summed E-state index contributed by atoms with van der Waals surface area (Å²) in [5, 5.41) is 2.93. The molecule has 1 atom stereocenters. The van der Waals surface area contributed by atoms with Crippen LogP contribution in [0.1, 0.15) is 12.8 Å². The van der Waals surface area contributed by atoms with Crippen molar-refractivity contribution in [2.45, 2.75) is 25.5 Å². The van der Waals surface area contributed by atoms with E-state index >= 15 is 0 Å². The van der Waals surface area contributed by atoms with Crippen molar-refractivity contribution in [1.29, 1.82) is 0 Å². The lowest BCUT2D eigenvalue weighted by Crippen LogP contribution is -2.48. The first kappa shape index (κ1) is 16.5. The Hall–Kier alpha value is -1.89. The third-order valence-corrected chi connectivity index (χ3v) is 3.49. The molecule has 122 valence electrons. The van der Waals surface area contributed by atoms with Gasteiger partial charge >= 0.3 is 6.61 Å². The molecule has 1 fully saturated rings. The molecule has 22 heavy (non-hydrogen) atoms. The maximum absolute atomic E-state index is 12.1. The van der Waals surface area contributed by atoms with Gasteiger partial charge in [-0.2, -0.15) is 8.78 Å². The molecule has 1 aromatic carbocycles. The van der Waals surface area contributed by atoms with Crippen LogP contribution in [0.2, 0.25) is 0 Å². The van der Waals surface area contributed by atoms with Gasteiger partial charge in [-0.15, -0.1) is 0 Å². The van der Waals surface area contributed by atoms with E-state index in [1.54, 1.807) is 12.1 Å². The largest absolute Gasteiger partial charge is 0.435 e. The molecule has 1 saturated heterocycles. The molecule has 1 unspecified atom stereocenters. The SMILES string of the molecule is COCC(=O)NC1CCCN(c2ccc(OC(F)F)cc2)C1. The zero-order valence-corrected chi connectivity index (χ0v) is 12.4. The number of piperidine rings is 1. The molecule has 0 bridgehead atoms. The molecule has 1 amide bonds. The zero-order valence-electron chi connectivity index (χ0n) is 12.4. The van der Waals surface area contributed by atoms with Crippen LogP contribution in [0.15, 0.2) is 24.3 Å². The number of ether oxygens (including phenoxy) is 2. The van der Waals surface area contributed by atoms with Gasteiger partial charge in [0, 0.05) is 31.9 Å². The Labute approximate surface area is 128 Å². The van der Waals surface area contributed by atoms with Gasteiger partial charge in [0.15, 0.2) is 0 Å². The van der Waals surface area contributed by atoms with Crippen LogP contribution < -0.4 is 15.0 Å². The van der Waals surface area contributed by atoms with E-state index in [0.717, 1.165) is 25.1 Å². The van der Waals surface area contributed by atoms with Gasteiger partial charge in [-0.3, -0.25) is 4.79 Å². The first-order valence-electron chi connectivity index (χ1n) is 7.16. The maximum Gasteiger partial charge on any atom is 0.387 e. The van der Waals surface area contributed by atoms with Crippen molar-refractivity contribution in [3.63, 3.8) is 0 Å². The number of hydrogen-bond donors (Lipinski definition) is 1. The highest BCUT2D eigenvalue weighted by atomic mass is 19.3. The summed E-state index contributed by atoms with van der Waals surface area (Å²) in [6.07, 6.45) is 1.87. The lowest BCUT2D eigenvalue weighted by atomic mass is 10.0. The van der Waals surface area contributed by atoms with Crippen LogP contribution in [0.5, 0.6) is 5.75 Å². The number of halogens is 2. The third-order valence-electron chi connectivity index (χ3n) is 3.49. The summed E-state index contributed by atoms with van der Waals surface area (Å²) < 4.78 is 33.4. The van der Waals surface area contributed by atoms with Crippen molar-refractivity contribution in [2.75, 3.05) is 31.7 Å². The number of methoxy groups -OCH3 is 1. The summed E-state index contributed by atoms with van der Waals surface area (Å²) in [6.45, 7) is -1.21. The molecular weight excluding hydrogens is 294 g/mol. The first-order valence-corrected chi connectivity index (χ1v) is 7.16. The normalized spacial score (nSPS) is 18.4. The van der Waals surface area contributed by atoms with Crippen LogP contribution in [0.3, 0.4) is 0 Å². The highest BCUT2D eigenvalue weighted by Crippen LogP contribution is 2.23. The summed E-state index contributed by atoms with van der Waals surface area (Å²) in [4.78, 5) is 13.7. The number of anilines is 1. The number of rotatable bonds is 6. The van der Waals surface area contributed by atoms with Crippen LogP contribution in [-0.4, -0.2) is 45.4 Å². The van der Waals surface area contributed by atoms with E-state index in [9.17, 15) is 13.6 Å². The molecule has 1 aromatic rings. The minimum atomic E-state index is -2.82. The summed E-state index contributed by atoms with van der Waals surface area (Å²) in [5.74, 6) is 0.00994. The molecule has 0 saturated carbocycles. The highest BCUT2D eigenvalue weighted by molar-refractivity contribution is 5.77. The molecule has 7 heteroatoms. The minimum Gasteiger partial charge on any atom is -0.435 e. The van der Waals surface area contributed by atoms with Crippen molar-refractivity contribution in [1.82, 2.24) is 5.32 Å². The molecule has 1 aliphatic heterocycles. The second-order valence-electron chi connectivity index (χ2n) is 5.16. The van der Waals surface area contributed by atoms with Gasteiger partial charge < -0.3 is 19.7 Å². The van der Waals surface area contributed by atoms with Crippen molar-refractivity contribution < 1.29 is 23.0 Å². The van der Waals surface area contributed by atoms with Crippen LogP contribution in [-0.2, 0) is 9.53 Å². The zero-order chi connectivity index (χ0) is 15.9. The van der Waals surface area contributed by atoms with Crippen LogP contribution in [0.25, 0.3) is 0 Å². The number of carbonyl (C=O) groups excluding carboxylic acids is 1. The predicted molar refractivity (Wildman–Crippen MR) is 78.3 cm³/mol. The summed E-state index contributed by atoms with van der Waals surface area (Å²) in [6, 6.07) is 6.60. The number of nitrogens with one attached hydrogen (secondary N) is 1. The minimum absolute atomic E-state index is 0.0518. The highest BCUT2D eigenvalue weighted by Gasteiger charge is 2.21. The number of alkyl halides is 2. The summed E-state index contributed by atoms with van der Waals surface area (Å²) in [5.41, 5.74) is 0.923. The molecule has 0 spiro atoms. The Kier molecular flexibility index (Phi) is 5.94. The molecule has 0 aromatic heterocycles. The second-order valence-corrected chi connectivity index (χ2v) is 5.16. The molecule has 0 radical (unpaired) electrons. The second kappa shape index (κ2) is 7.93. The van der Waals surface area contributed by atoms with E-state index in [1.165, 1.54) is 19.2 Å². The smallest absolute Gasteiger partial charge is 0.387 e. The monoisotopic (exact) mass is 314 g/mol. The quantitative estimate of drug-likeness (QED) is 0.873.